The molecule has 0 radical (unpaired) electrons. The fraction of sp³-hybridized carbons (Fsp3) is 0.0769. The Morgan fingerprint density at radius 2 is 2.00 bits per heavy atom. The topological polar surface area (TPSA) is 116 Å². The maximum absolute atomic E-state index is 11.8. The molecule has 2 heterocycles. The van der Waals surface area contributed by atoms with E-state index in [0.29, 0.717) is 9.50 Å². The third-order valence-corrected chi connectivity index (χ3v) is 3.26. The number of halogens is 2. The number of aromatic nitrogens is 2. The van der Waals surface area contributed by atoms with Crippen LogP contribution >= 0.6 is 27.5 Å². The van der Waals surface area contributed by atoms with Gasteiger partial charge in [0, 0.05) is 21.9 Å². The molecule has 0 atom stereocenters. The van der Waals surface area contributed by atoms with Crippen molar-refractivity contribution in [1.82, 2.24) is 26.1 Å². The molecule has 10 heteroatoms. The number of amides is 3. The molecule has 8 nitrogen and oxygen atoms in total. The fourth-order valence-corrected chi connectivity index (χ4v) is 2.02. The van der Waals surface area contributed by atoms with Crippen LogP contribution in [0.25, 0.3) is 0 Å². The van der Waals surface area contributed by atoms with Gasteiger partial charge in [0.1, 0.15) is 11.4 Å². The van der Waals surface area contributed by atoms with E-state index >= 15 is 0 Å². The zero-order valence-corrected chi connectivity index (χ0v) is 13.9. The lowest BCUT2D eigenvalue weighted by Gasteiger charge is -2.07. The molecule has 0 fully saturated rings. The van der Waals surface area contributed by atoms with Crippen molar-refractivity contribution in [3.63, 3.8) is 0 Å². The van der Waals surface area contributed by atoms with Crippen LogP contribution in [0.5, 0.6) is 0 Å². The maximum atomic E-state index is 11.8. The highest BCUT2D eigenvalue weighted by Gasteiger charge is 2.11. The average molecular weight is 401 g/mol. The van der Waals surface area contributed by atoms with Gasteiger partial charge in [-0.05, 0) is 34.1 Å². The number of carbonyl (C=O) groups is 3. The van der Waals surface area contributed by atoms with Crippen LogP contribution in [0, 0.1) is 0 Å². The second-order valence-corrected chi connectivity index (χ2v) is 5.63. The molecule has 0 saturated heterocycles. The summed E-state index contributed by atoms with van der Waals surface area (Å²) < 4.78 is 0.704. The smallest absolute Gasteiger partial charge is 0.286 e. The Balaban J connectivity index is 1.77. The standard InChI is InChI=1S/C13H11BrClN5O3/c14-7-3-9(17-5-7)13(23)20-19-11(21)6-18-12(22)10-4-8(15)1-2-16-10/h1-5,17H,6H2,(H,18,22)(H,19,21)(H,20,23). The van der Waals surface area contributed by atoms with Crippen LogP contribution in [0.4, 0.5) is 0 Å². The van der Waals surface area contributed by atoms with Gasteiger partial charge < -0.3 is 10.3 Å². The van der Waals surface area contributed by atoms with E-state index in [1.54, 1.807) is 12.3 Å². The maximum Gasteiger partial charge on any atom is 0.286 e. The summed E-state index contributed by atoms with van der Waals surface area (Å²) in [5.41, 5.74) is 4.74. The molecule has 2 aromatic rings. The number of rotatable bonds is 4. The summed E-state index contributed by atoms with van der Waals surface area (Å²) in [6.07, 6.45) is 2.96. The first-order valence-corrected chi connectivity index (χ1v) is 7.45. The average Bonchev–Trinajstić information content (AvgIpc) is 2.96. The zero-order valence-electron chi connectivity index (χ0n) is 11.5. The van der Waals surface area contributed by atoms with Crippen molar-refractivity contribution in [2.24, 2.45) is 0 Å². The quantitative estimate of drug-likeness (QED) is 0.573. The van der Waals surface area contributed by atoms with Crippen LogP contribution in [0.2, 0.25) is 5.02 Å². The summed E-state index contributed by atoms with van der Waals surface area (Å²) in [7, 11) is 0. The number of hydrazine groups is 1. The Bertz CT molecular complexity index is 749. The second-order valence-electron chi connectivity index (χ2n) is 4.28. The second kappa shape index (κ2) is 7.75. The van der Waals surface area contributed by atoms with Crippen molar-refractivity contribution in [2.45, 2.75) is 0 Å². The van der Waals surface area contributed by atoms with Crippen molar-refractivity contribution in [2.75, 3.05) is 6.54 Å². The van der Waals surface area contributed by atoms with Gasteiger partial charge >= 0.3 is 0 Å². The number of carbonyl (C=O) groups excluding carboxylic acids is 3. The SMILES string of the molecule is O=C(CNC(=O)c1cc(Cl)ccn1)NNC(=O)c1cc(Br)c[nH]1. The minimum atomic E-state index is -0.598. The molecular weight excluding hydrogens is 390 g/mol. The largest absolute Gasteiger partial charge is 0.356 e. The number of pyridine rings is 1. The number of hydrogen-bond donors (Lipinski definition) is 4. The Morgan fingerprint density at radius 3 is 2.65 bits per heavy atom. The summed E-state index contributed by atoms with van der Waals surface area (Å²) in [4.78, 5) is 41.5. The van der Waals surface area contributed by atoms with Crippen molar-refractivity contribution in [3.8, 4) is 0 Å². The normalized spacial score (nSPS) is 10.0. The highest BCUT2D eigenvalue weighted by atomic mass is 79.9. The molecule has 23 heavy (non-hydrogen) atoms. The van der Waals surface area contributed by atoms with Gasteiger partial charge in [0.15, 0.2) is 0 Å². The molecule has 2 aromatic heterocycles. The first-order chi connectivity index (χ1) is 11.0. The van der Waals surface area contributed by atoms with E-state index in [0.717, 1.165) is 0 Å². The van der Waals surface area contributed by atoms with Crippen molar-refractivity contribution in [1.29, 1.82) is 0 Å². The molecule has 0 aromatic carbocycles. The van der Waals surface area contributed by atoms with E-state index in [4.69, 9.17) is 11.6 Å². The molecule has 0 bridgehead atoms. The van der Waals surface area contributed by atoms with E-state index in [-0.39, 0.29) is 17.9 Å². The van der Waals surface area contributed by atoms with Gasteiger partial charge in [0.25, 0.3) is 17.7 Å². The predicted molar refractivity (Wildman–Crippen MR) is 85.7 cm³/mol. The number of hydrogen-bond acceptors (Lipinski definition) is 4. The minimum Gasteiger partial charge on any atom is -0.356 e. The van der Waals surface area contributed by atoms with E-state index in [1.165, 1.54) is 18.3 Å². The summed E-state index contributed by atoms with van der Waals surface area (Å²) in [6.45, 7) is -0.332. The molecule has 0 spiro atoms. The molecule has 120 valence electrons. The molecule has 3 amide bonds. The zero-order chi connectivity index (χ0) is 16.8. The predicted octanol–water partition coefficient (Wildman–Crippen LogP) is 1.02. The first-order valence-electron chi connectivity index (χ1n) is 6.28. The van der Waals surface area contributed by atoms with Crippen LogP contribution in [0.1, 0.15) is 21.0 Å². The molecule has 0 saturated carbocycles. The van der Waals surface area contributed by atoms with Gasteiger partial charge in [0.2, 0.25) is 0 Å². The van der Waals surface area contributed by atoms with E-state index in [2.05, 4.69) is 42.1 Å². The number of H-pyrrole nitrogens is 1. The van der Waals surface area contributed by atoms with Crippen LogP contribution in [0.3, 0.4) is 0 Å². The molecule has 0 aliphatic heterocycles. The van der Waals surface area contributed by atoms with Gasteiger partial charge in [-0.2, -0.15) is 0 Å². The minimum absolute atomic E-state index is 0.0885. The third kappa shape index (κ3) is 5.08. The number of aromatic amines is 1. The first kappa shape index (κ1) is 17.0. The third-order valence-electron chi connectivity index (χ3n) is 2.57. The van der Waals surface area contributed by atoms with Crippen molar-refractivity contribution in [3.05, 3.63) is 51.5 Å². The highest BCUT2D eigenvalue weighted by Crippen LogP contribution is 2.10. The molecule has 0 aliphatic carbocycles. The Hall–Kier alpha value is -2.39. The molecule has 2 rings (SSSR count). The monoisotopic (exact) mass is 399 g/mol. The Morgan fingerprint density at radius 1 is 1.22 bits per heavy atom. The molecular formula is C13H11BrClN5O3. The molecule has 4 N–H and O–H groups in total. The molecule has 0 unspecified atom stereocenters. The van der Waals surface area contributed by atoms with Gasteiger partial charge in [-0.1, -0.05) is 11.6 Å². The summed E-state index contributed by atoms with van der Waals surface area (Å²) in [5.74, 6) is -1.67. The summed E-state index contributed by atoms with van der Waals surface area (Å²) in [5, 5.41) is 2.71. The van der Waals surface area contributed by atoms with Gasteiger partial charge in [0.05, 0.1) is 6.54 Å². The fourth-order valence-electron chi connectivity index (χ4n) is 1.52. The van der Waals surface area contributed by atoms with E-state index in [1.807, 2.05) is 0 Å². The van der Waals surface area contributed by atoms with Crippen molar-refractivity contribution >= 4 is 45.3 Å². The van der Waals surface area contributed by atoms with Crippen LogP contribution in [0.15, 0.2) is 35.1 Å². The van der Waals surface area contributed by atoms with Gasteiger partial charge in [-0.15, -0.1) is 0 Å². The van der Waals surface area contributed by atoms with Crippen LogP contribution in [-0.2, 0) is 4.79 Å². The lowest BCUT2D eigenvalue weighted by atomic mass is 10.3. The van der Waals surface area contributed by atoms with Crippen LogP contribution < -0.4 is 16.2 Å². The van der Waals surface area contributed by atoms with Gasteiger partial charge in [-0.3, -0.25) is 30.2 Å². The van der Waals surface area contributed by atoms with E-state index < -0.39 is 17.7 Å². The lowest BCUT2D eigenvalue weighted by Crippen LogP contribution is -2.46. The number of nitrogens with one attached hydrogen (secondary N) is 4. The Kier molecular flexibility index (Phi) is 5.72. The molecule has 0 aliphatic rings. The summed E-state index contributed by atoms with van der Waals surface area (Å²) >= 11 is 8.93. The Labute approximate surface area is 144 Å². The van der Waals surface area contributed by atoms with E-state index in [9.17, 15) is 14.4 Å². The van der Waals surface area contributed by atoms with Crippen LogP contribution in [-0.4, -0.2) is 34.2 Å². The highest BCUT2D eigenvalue weighted by molar-refractivity contribution is 9.10. The van der Waals surface area contributed by atoms with Gasteiger partial charge in [-0.25, -0.2) is 0 Å². The lowest BCUT2D eigenvalue weighted by molar-refractivity contribution is -0.120. The van der Waals surface area contributed by atoms with Crippen molar-refractivity contribution < 1.29 is 14.4 Å². The summed E-state index contributed by atoms with van der Waals surface area (Å²) in [6, 6.07) is 4.45. The number of nitrogens with zero attached hydrogens (tertiary/aromatic N) is 1.